The number of methoxy groups -OCH3 is 1. The fraction of sp³-hybridized carbons (Fsp3) is 0.500. The van der Waals surface area contributed by atoms with Gasteiger partial charge in [-0.25, -0.2) is 0 Å². The molecule has 0 bridgehead atoms. The zero-order valence-electron chi connectivity index (χ0n) is 10.2. The molecule has 0 heterocycles. The van der Waals surface area contributed by atoms with Gasteiger partial charge in [-0.1, -0.05) is 11.6 Å². The van der Waals surface area contributed by atoms with Crippen LogP contribution in [0.3, 0.4) is 0 Å². The van der Waals surface area contributed by atoms with Gasteiger partial charge >= 0.3 is 0 Å². The van der Waals surface area contributed by atoms with Gasteiger partial charge in [0.25, 0.3) is 0 Å². The van der Waals surface area contributed by atoms with E-state index in [9.17, 15) is 5.11 Å². The quantitative estimate of drug-likeness (QED) is 0.757. The molecule has 1 rings (SSSR count). The maximum absolute atomic E-state index is 9.60. The van der Waals surface area contributed by atoms with Crippen LogP contribution in [0.2, 0.25) is 5.02 Å². The fourth-order valence-corrected chi connectivity index (χ4v) is 1.87. The second-order valence-electron chi connectivity index (χ2n) is 4.15. The lowest BCUT2D eigenvalue weighted by molar-refractivity contribution is 0.0419. The van der Waals surface area contributed by atoms with Crippen LogP contribution >= 0.6 is 11.6 Å². The molecule has 1 unspecified atom stereocenters. The van der Waals surface area contributed by atoms with Gasteiger partial charge in [0, 0.05) is 30.9 Å². The molecular weight excluding hydrogens is 240 g/mol. The number of anilines is 1. The second kappa shape index (κ2) is 6.81. The Hall–Kier alpha value is -0.810. The largest absolute Gasteiger partial charge is 0.398 e. The molecule has 0 saturated heterocycles. The van der Waals surface area contributed by atoms with E-state index in [0.717, 1.165) is 5.56 Å². The summed E-state index contributed by atoms with van der Waals surface area (Å²) in [5.41, 5.74) is 7.53. The monoisotopic (exact) mass is 258 g/mol. The van der Waals surface area contributed by atoms with Crippen LogP contribution in [0, 0.1) is 0 Å². The number of aliphatic hydroxyl groups excluding tert-OH is 1. The molecule has 0 amide bonds. The average Bonchev–Trinajstić information content (AvgIpc) is 2.23. The minimum absolute atomic E-state index is 0.329. The van der Waals surface area contributed by atoms with Gasteiger partial charge in [-0.05, 0) is 30.8 Å². The van der Waals surface area contributed by atoms with Gasteiger partial charge < -0.3 is 15.6 Å². The Labute approximate surface area is 107 Å². The number of aliphatic hydroxyl groups is 1. The molecule has 1 aromatic rings. The van der Waals surface area contributed by atoms with Gasteiger partial charge in [-0.15, -0.1) is 0 Å². The Morgan fingerprint density at radius 3 is 2.88 bits per heavy atom. The highest BCUT2D eigenvalue weighted by molar-refractivity contribution is 6.30. The molecule has 0 saturated carbocycles. The van der Waals surface area contributed by atoms with Crippen LogP contribution in [0.4, 0.5) is 5.69 Å². The lowest BCUT2D eigenvalue weighted by Crippen LogP contribution is -2.31. The minimum atomic E-state index is -0.495. The summed E-state index contributed by atoms with van der Waals surface area (Å²) in [5.74, 6) is 0. The van der Waals surface area contributed by atoms with Crippen molar-refractivity contribution in [2.75, 3.05) is 33.0 Å². The molecule has 0 aromatic heterocycles. The molecule has 0 aliphatic carbocycles. The Balaban J connectivity index is 2.55. The van der Waals surface area contributed by atoms with E-state index in [1.54, 1.807) is 19.2 Å². The number of nitrogens with two attached hydrogens (primary N) is 1. The van der Waals surface area contributed by atoms with Crippen molar-refractivity contribution in [2.45, 2.75) is 12.6 Å². The summed E-state index contributed by atoms with van der Waals surface area (Å²) < 4.78 is 4.88. The van der Waals surface area contributed by atoms with E-state index < -0.39 is 6.10 Å². The summed E-state index contributed by atoms with van der Waals surface area (Å²) in [7, 11) is 3.48. The number of hydrogen-bond acceptors (Lipinski definition) is 4. The van der Waals surface area contributed by atoms with Crippen molar-refractivity contribution in [3.05, 3.63) is 28.8 Å². The van der Waals surface area contributed by atoms with Crippen molar-refractivity contribution in [2.24, 2.45) is 0 Å². The van der Waals surface area contributed by atoms with Crippen LogP contribution in [-0.2, 0) is 11.3 Å². The number of rotatable bonds is 6. The SMILES string of the molecule is COCC(O)CN(C)Cc1cc(Cl)ccc1N. The minimum Gasteiger partial charge on any atom is -0.398 e. The first-order valence-electron chi connectivity index (χ1n) is 5.42. The van der Waals surface area contributed by atoms with Gasteiger partial charge in [0.1, 0.15) is 0 Å². The van der Waals surface area contributed by atoms with Crippen LogP contribution < -0.4 is 5.73 Å². The lowest BCUT2D eigenvalue weighted by atomic mass is 10.1. The smallest absolute Gasteiger partial charge is 0.0900 e. The highest BCUT2D eigenvalue weighted by Crippen LogP contribution is 2.19. The van der Waals surface area contributed by atoms with Gasteiger partial charge in [0.2, 0.25) is 0 Å². The van der Waals surface area contributed by atoms with Crippen molar-refractivity contribution in [3.8, 4) is 0 Å². The first-order chi connectivity index (χ1) is 8.02. The third kappa shape index (κ3) is 4.91. The molecule has 0 fully saturated rings. The fourth-order valence-electron chi connectivity index (χ4n) is 1.67. The molecule has 1 aromatic carbocycles. The number of likely N-dealkylation sites (N-methyl/N-ethyl adjacent to an activating group) is 1. The summed E-state index contributed by atoms with van der Waals surface area (Å²) in [5, 5.41) is 10.3. The van der Waals surface area contributed by atoms with E-state index >= 15 is 0 Å². The van der Waals surface area contributed by atoms with Crippen LogP contribution in [0.15, 0.2) is 18.2 Å². The average molecular weight is 259 g/mol. The number of hydrogen-bond donors (Lipinski definition) is 2. The van der Waals surface area contributed by atoms with Crippen molar-refractivity contribution in [1.29, 1.82) is 0 Å². The van der Waals surface area contributed by atoms with E-state index in [2.05, 4.69) is 0 Å². The zero-order chi connectivity index (χ0) is 12.8. The summed E-state index contributed by atoms with van der Waals surface area (Å²) in [6.45, 7) is 1.50. The van der Waals surface area contributed by atoms with Gasteiger partial charge in [0.05, 0.1) is 12.7 Å². The molecule has 0 spiro atoms. The van der Waals surface area contributed by atoms with Crippen LogP contribution in [-0.4, -0.2) is 43.4 Å². The van der Waals surface area contributed by atoms with Gasteiger partial charge in [-0.2, -0.15) is 0 Å². The van der Waals surface area contributed by atoms with E-state index in [1.165, 1.54) is 0 Å². The molecule has 0 aliphatic rings. The van der Waals surface area contributed by atoms with E-state index in [1.807, 2.05) is 18.0 Å². The van der Waals surface area contributed by atoms with E-state index in [-0.39, 0.29) is 0 Å². The number of halogens is 1. The number of ether oxygens (including phenoxy) is 1. The maximum Gasteiger partial charge on any atom is 0.0900 e. The van der Waals surface area contributed by atoms with Crippen molar-refractivity contribution in [3.63, 3.8) is 0 Å². The lowest BCUT2D eigenvalue weighted by Gasteiger charge is -2.21. The first-order valence-corrected chi connectivity index (χ1v) is 5.80. The predicted molar refractivity (Wildman–Crippen MR) is 70.1 cm³/mol. The Morgan fingerprint density at radius 1 is 1.53 bits per heavy atom. The first kappa shape index (κ1) is 14.3. The molecule has 5 heteroatoms. The van der Waals surface area contributed by atoms with Crippen molar-refractivity contribution in [1.82, 2.24) is 4.90 Å². The zero-order valence-corrected chi connectivity index (χ0v) is 10.9. The van der Waals surface area contributed by atoms with Crippen LogP contribution in [0.25, 0.3) is 0 Å². The summed E-state index contributed by atoms with van der Waals surface area (Å²) in [6.07, 6.45) is -0.495. The highest BCUT2D eigenvalue weighted by Gasteiger charge is 2.09. The molecular formula is C12H19ClN2O2. The topological polar surface area (TPSA) is 58.7 Å². The van der Waals surface area contributed by atoms with Crippen molar-refractivity contribution < 1.29 is 9.84 Å². The molecule has 3 N–H and O–H groups in total. The summed E-state index contributed by atoms with van der Waals surface area (Å²) in [4.78, 5) is 1.98. The third-order valence-corrected chi connectivity index (χ3v) is 2.66. The maximum atomic E-state index is 9.60. The number of benzene rings is 1. The second-order valence-corrected chi connectivity index (χ2v) is 4.59. The third-order valence-electron chi connectivity index (χ3n) is 2.43. The van der Waals surface area contributed by atoms with Crippen LogP contribution in [0.5, 0.6) is 0 Å². The Bertz CT molecular complexity index is 360. The molecule has 0 aliphatic heterocycles. The summed E-state index contributed by atoms with van der Waals surface area (Å²) in [6, 6.07) is 5.40. The molecule has 1 atom stereocenters. The number of nitrogen functional groups attached to an aromatic ring is 1. The molecule has 96 valence electrons. The van der Waals surface area contributed by atoms with Gasteiger partial charge in [-0.3, -0.25) is 4.90 Å². The Morgan fingerprint density at radius 2 is 2.24 bits per heavy atom. The normalized spacial score (nSPS) is 13.0. The van der Waals surface area contributed by atoms with Crippen LogP contribution in [0.1, 0.15) is 5.56 Å². The van der Waals surface area contributed by atoms with E-state index in [4.69, 9.17) is 22.1 Å². The molecule has 17 heavy (non-hydrogen) atoms. The standard InChI is InChI=1S/C12H19ClN2O2/c1-15(7-11(16)8-17-2)6-9-5-10(13)3-4-12(9)14/h3-5,11,16H,6-8,14H2,1-2H3. The highest BCUT2D eigenvalue weighted by atomic mass is 35.5. The number of nitrogens with zero attached hydrogens (tertiary/aromatic N) is 1. The predicted octanol–water partition coefficient (Wildman–Crippen LogP) is 1.36. The molecule has 0 radical (unpaired) electrons. The Kier molecular flexibility index (Phi) is 5.71. The molecule has 4 nitrogen and oxygen atoms in total. The van der Waals surface area contributed by atoms with Gasteiger partial charge in [0.15, 0.2) is 0 Å². The van der Waals surface area contributed by atoms with Crippen molar-refractivity contribution >= 4 is 17.3 Å². The van der Waals surface area contributed by atoms with E-state index in [0.29, 0.717) is 30.4 Å². The summed E-state index contributed by atoms with van der Waals surface area (Å²) >= 11 is 5.91.